The highest BCUT2D eigenvalue weighted by Crippen LogP contribution is 2.42. The lowest BCUT2D eigenvalue weighted by Gasteiger charge is -2.20. The molecule has 0 aromatic heterocycles. The summed E-state index contributed by atoms with van der Waals surface area (Å²) in [6.07, 6.45) is 0. The van der Waals surface area contributed by atoms with E-state index in [9.17, 15) is 0 Å². The molecule has 2 aliphatic rings. The minimum Gasteiger partial charge on any atom is -0.0622 e. The fraction of sp³-hybridized carbons (Fsp3) is 0. The van der Waals surface area contributed by atoms with E-state index in [0.717, 1.165) is 0 Å². The molecule has 0 heteroatoms. The monoisotopic (exact) mass is 229 g/mol. The first-order valence-corrected chi connectivity index (χ1v) is 6.06. The molecule has 2 aromatic rings. The van der Waals surface area contributed by atoms with Crippen LogP contribution in [0.15, 0.2) is 78.9 Å². The molecule has 2 aromatic carbocycles. The molecule has 0 saturated carbocycles. The van der Waals surface area contributed by atoms with Gasteiger partial charge in [0.1, 0.15) is 0 Å². The normalized spacial score (nSPS) is 10.2. The van der Waals surface area contributed by atoms with Gasteiger partial charge in [0, 0.05) is 0 Å². The molecule has 85 valence electrons. The third-order valence-electron chi connectivity index (χ3n) is 3.02. The lowest BCUT2D eigenvalue weighted by atomic mass is 9.83. The third-order valence-corrected chi connectivity index (χ3v) is 3.02. The lowest BCUT2D eigenvalue weighted by Crippen LogP contribution is -1.94. The summed E-state index contributed by atoms with van der Waals surface area (Å²) >= 11 is 0. The summed E-state index contributed by atoms with van der Waals surface area (Å²) in [6, 6.07) is 29.6. The predicted octanol–water partition coefficient (Wildman–Crippen LogP) is 4.82. The Labute approximate surface area is 108 Å². The molecule has 4 rings (SSSR count). The van der Waals surface area contributed by atoms with E-state index in [0.29, 0.717) is 0 Å². The van der Waals surface area contributed by atoms with Crippen LogP contribution < -0.4 is 0 Å². The van der Waals surface area contributed by atoms with Crippen LogP contribution in [0.5, 0.6) is 0 Å². The maximum absolute atomic E-state index is 2.89. The first-order chi connectivity index (χ1) is 8.95. The SMILES string of the molecule is [c]1ccccc1.c1ccc(-c2cc3ccc2-3)cc1. The molecule has 0 spiro atoms. The summed E-state index contributed by atoms with van der Waals surface area (Å²) < 4.78 is 0. The van der Waals surface area contributed by atoms with Crippen LogP contribution in [-0.4, -0.2) is 0 Å². The quantitative estimate of drug-likeness (QED) is 0.439. The van der Waals surface area contributed by atoms with Gasteiger partial charge in [0.25, 0.3) is 0 Å². The number of fused-ring (bicyclic) bond motifs is 1. The highest BCUT2D eigenvalue weighted by Gasteiger charge is 2.16. The predicted molar refractivity (Wildman–Crippen MR) is 76.2 cm³/mol. The van der Waals surface area contributed by atoms with E-state index in [2.05, 4.69) is 54.6 Å². The summed E-state index contributed by atoms with van der Waals surface area (Å²) in [6.45, 7) is 0. The van der Waals surface area contributed by atoms with Crippen LogP contribution in [0.2, 0.25) is 0 Å². The molecule has 0 unspecified atom stereocenters. The first-order valence-electron chi connectivity index (χ1n) is 6.06. The summed E-state index contributed by atoms with van der Waals surface area (Å²) in [7, 11) is 0. The number of hydrogen-bond acceptors (Lipinski definition) is 0. The Morgan fingerprint density at radius 1 is 0.556 bits per heavy atom. The van der Waals surface area contributed by atoms with Crippen molar-refractivity contribution in [2.75, 3.05) is 0 Å². The number of rotatable bonds is 1. The fourth-order valence-corrected chi connectivity index (χ4v) is 1.99. The van der Waals surface area contributed by atoms with E-state index < -0.39 is 0 Å². The van der Waals surface area contributed by atoms with Crippen LogP contribution in [-0.2, 0) is 0 Å². The Morgan fingerprint density at radius 2 is 1.28 bits per heavy atom. The Bertz CT molecular complexity index is 592. The average Bonchev–Trinajstić information content (AvgIpc) is 2.45. The van der Waals surface area contributed by atoms with E-state index >= 15 is 0 Å². The van der Waals surface area contributed by atoms with Gasteiger partial charge in [0.05, 0.1) is 0 Å². The molecule has 0 aliphatic heterocycles. The van der Waals surface area contributed by atoms with Gasteiger partial charge in [0.2, 0.25) is 0 Å². The van der Waals surface area contributed by atoms with Gasteiger partial charge >= 0.3 is 0 Å². The van der Waals surface area contributed by atoms with E-state index in [1.54, 1.807) is 0 Å². The average molecular weight is 229 g/mol. The Morgan fingerprint density at radius 3 is 1.67 bits per heavy atom. The van der Waals surface area contributed by atoms with Gasteiger partial charge in [-0.1, -0.05) is 72.8 Å². The molecular formula is C18H13. The van der Waals surface area contributed by atoms with Crippen LogP contribution in [0.1, 0.15) is 0 Å². The molecule has 0 nitrogen and oxygen atoms in total. The van der Waals surface area contributed by atoms with Gasteiger partial charge in [-0.05, 0) is 34.4 Å². The smallest absolute Gasteiger partial charge is 0.00992 e. The van der Waals surface area contributed by atoms with Crippen molar-refractivity contribution in [1.82, 2.24) is 0 Å². The largest absolute Gasteiger partial charge is 0.0622 e. The van der Waals surface area contributed by atoms with Crippen molar-refractivity contribution in [3.63, 3.8) is 0 Å². The maximum atomic E-state index is 2.89. The summed E-state index contributed by atoms with van der Waals surface area (Å²) in [5.41, 5.74) is 5.57. The first kappa shape index (κ1) is 10.8. The minimum absolute atomic E-state index is 1.33. The molecule has 0 atom stereocenters. The van der Waals surface area contributed by atoms with E-state index in [-0.39, 0.29) is 0 Å². The minimum atomic E-state index is 1.33. The van der Waals surface area contributed by atoms with Crippen molar-refractivity contribution in [3.05, 3.63) is 84.9 Å². The zero-order valence-electron chi connectivity index (χ0n) is 10.0. The van der Waals surface area contributed by atoms with Crippen LogP contribution in [0.3, 0.4) is 0 Å². The second-order valence-corrected chi connectivity index (χ2v) is 4.20. The fourth-order valence-electron chi connectivity index (χ4n) is 1.99. The lowest BCUT2D eigenvalue weighted by molar-refractivity contribution is 1.52. The van der Waals surface area contributed by atoms with Crippen molar-refractivity contribution >= 4 is 0 Å². The zero-order chi connectivity index (χ0) is 12.2. The van der Waals surface area contributed by atoms with Gasteiger partial charge in [-0.2, -0.15) is 0 Å². The molecule has 1 radical (unpaired) electrons. The second-order valence-electron chi connectivity index (χ2n) is 4.20. The topological polar surface area (TPSA) is 0 Å². The maximum Gasteiger partial charge on any atom is -0.00992 e. The van der Waals surface area contributed by atoms with Crippen molar-refractivity contribution in [1.29, 1.82) is 0 Å². The standard InChI is InChI=1S/C12H8.C6H5/c1-2-4-9(5-3-1)12-8-10-6-7-11(10)12;1-2-4-6-5-3-1/h1-8H;1-5H. The zero-order valence-corrected chi connectivity index (χ0v) is 10.0. The highest BCUT2D eigenvalue weighted by atomic mass is 14.2. The summed E-state index contributed by atoms with van der Waals surface area (Å²) in [5, 5.41) is 0. The highest BCUT2D eigenvalue weighted by molar-refractivity contribution is 5.95. The Kier molecular flexibility index (Phi) is 2.93. The molecule has 2 aliphatic carbocycles. The second kappa shape index (κ2) is 4.89. The number of benzene rings is 3. The molecule has 18 heavy (non-hydrogen) atoms. The molecule has 0 amide bonds. The van der Waals surface area contributed by atoms with Crippen molar-refractivity contribution in [3.8, 4) is 22.3 Å². The van der Waals surface area contributed by atoms with Crippen LogP contribution in [0, 0.1) is 6.07 Å². The van der Waals surface area contributed by atoms with Crippen molar-refractivity contribution in [2.45, 2.75) is 0 Å². The van der Waals surface area contributed by atoms with E-state index in [1.165, 1.54) is 22.3 Å². The van der Waals surface area contributed by atoms with Crippen LogP contribution in [0.4, 0.5) is 0 Å². The van der Waals surface area contributed by atoms with Gasteiger partial charge in [-0.3, -0.25) is 0 Å². The summed E-state index contributed by atoms with van der Waals surface area (Å²) in [4.78, 5) is 0. The Balaban J connectivity index is 0.000000142. The van der Waals surface area contributed by atoms with Gasteiger partial charge in [0.15, 0.2) is 0 Å². The molecule has 0 fully saturated rings. The van der Waals surface area contributed by atoms with E-state index in [1.807, 2.05) is 30.3 Å². The van der Waals surface area contributed by atoms with Crippen LogP contribution in [0.25, 0.3) is 22.3 Å². The molecule has 0 bridgehead atoms. The molecule has 0 saturated heterocycles. The van der Waals surface area contributed by atoms with Crippen molar-refractivity contribution < 1.29 is 0 Å². The van der Waals surface area contributed by atoms with Gasteiger partial charge in [-0.25, -0.2) is 0 Å². The number of hydrogen-bond donors (Lipinski definition) is 0. The van der Waals surface area contributed by atoms with Gasteiger partial charge in [-0.15, -0.1) is 0 Å². The molecule has 0 N–H and O–H groups in total. The molecular weight excluding hydrogens is 216 g/mol. The van der Waals surface area contributed by atoms with Crippen LogP contribution >= 0.6 is 0 Å². The third kappa shape index (κ3) is 2.05. The van der Waals surface area contributed by atoms with E-state index in [4.69, 9.17) is 0 Å². The summed E-state index contributed by atoms with van der Waals surface area (Å²) in [5.74, 6) is 0. The van der Waals surface area contributed by atoms with Gasteiger partial charge < -0.3 is 0 Å². The van der Waals surface area contributed by atoms with Crippen molar-refractivity contribution in [2.24, 2.45) is 0 Å². The molecule has 0 heterocycles. The Hall–Kier alpha value is -2.34.